The van der Waals surface area contributed by atoms with Crippen LogP contribution in [0.5, 0.6) is 0 Å². The highest BCUT2D eigenvalue weighted by atomic mass is 19.1. The second-order valence-electron chi connectivity index (χ2n) is 6.35. The van der Waals surface area contributed by atoms with Gasteiger partial charge in [-0.1, -0.05) is 0 Å². The standard InChI is InChI=1S/C17H20FN3O4/c1-19-4-6-20(7-5-19)16(17(24)25)13-9-21(10-15(22)23)14-8-11(18)2-3-12(13)14/h2-3,8-9,16H,4-7,10H2,1H3,(H,22,23)(H,24,25)/t16-/m1/s1. The SMILES string of the molecule is CN1CCN([C@@H](C(=O)O)c2cn(CC(=O)O)c3cc(F)ccc23)CC1. The summed E-state index contributed by atoms with van der Waals surface area (Å²) in [4.78, 5) is 27.1. The van der Waals surface area contributed by atoms with E-state index in [0.717, 1.165) is 13.1 Å². The molecular weight excluding hydrogens is 329 g/mol. The number of piperazine rings is 1. The lowest BCUT2D eigenvalue weighted by Crippen LogP contribution is -2.47. The molecule has 7 nitrogen and oxygen atoms in total. The van der Waals surface area contributed by atoms with Crippen LogP contribution in [0.25, 0.3) is 10.9 Å². The number of aromatic nitrogens is 1. The van der Waals surface area contributed by atoms with Gasteiger partial charge in [-0.05, 0) is 25.2 Å². The van der Waals surface area contributed by atoms with Crippen LogP contribution < -0.4 is 0 Å². The maximum atomic E-state index is 13.6. The van der Waals surface area contributed by atoms with Gasteiger partial charge < -0.3 is 19.7 Å². The van der Waals surface area contributed by atoms with E-state index in [1.807, 2.05) is 11.9 Å². The van der Waals surface area contributed by atoms with Crippen molar-refractivity contribution >= 4 is 22.8 Å². The minimum atomic E-state index is -1.07. The van der Waals surface area contributed by atoms with E-state index < -0.39 is 23.8 Å². The molecule has 2 aromatic rings. The summed E-state index contributed by atoms with van der Waals surface area (Å²) in [6.07, 6.45) is 1.52. The number of aliphatic carboxylic acids is 2. The molecule has 0 spiro atoms. The van der Waals surface area contributed by atoms with Gasteiger partial charge in [0.25, 0.3) is 0 Å². The van der Waals surface area contributed by atoms with Crippen LogP contribution in [0.4, 0.5) is 4.39 Å². The lowest BCUT2D eigenvalue weighted by atomic mass is 10.0. The highest BCUT2D eigenvalue weighted by Crippen LogP contribution is 2.31. The molecule has 1 aliphatic heterocycles. The number of fused-ring (bicyclic) bond motifs is 1. The van der Waals surface area contributed by atoms with Gasteiger partial charge in [-0.3, -0.25) is 14.5 Å². The van der Waals surface area contributed by atoms with Gasteiger partial charge in [0, 0.05) is 43.3 Å². The molecule has 3 rings (SSSR count). The summed E-state index contributed by atoms with van der Waals surface area (Å²) in [5.41, 5.74) is 0.881. The third-order valence-electron chi connectivity index (χ3n) is 4.61. The van der Waals surface area contributed by atoms with E-state index in [2.05, 4.69) is 4.90 Å². The van der Waals surface area contributed by atoms with Gasteiger partial charge in [-0.25, -0.2) is 4.39 Å². The zero-order valence-corrected chi connectivity index (χ0v) is 13.9. The number of rotatable bonds is 5. The molecule has 1 fully saturated rings. The largest absolute Gasteiger partial charge is 0.480 e. The van der Waals surface area contributed by atoms with Gasteiger partial charge in [-0.2, -0.15) is 0 Å². The van der Waals surface area contributed by atoms with Gasteiger partial charge >= 0.3 is 11.9 Å². The summed E-state index contributed by atoms with van der Waals surface area (Å²) < 4.78 is 15.0. The molecule has 1 saturated heterocycles. The second-order valence-corrected chi connectivity index (χ2v) is 6.35. The molecule has 0 saturated carbocycles. The van der Waals surface area contributed by atoms with Crippen molar-refractivity contribution in [1.29, 1.82) is 0 Å². The van der Waals surface area contributed by atoms with Crippen molar-refractivity contribution in [2.75, 3.05) is 33.2 Å². The van der Waals surface area contributed by atoms with Crippen LogP contribution in [0.3, 0.4) is 0 Å². The van der Waals surface area contributed by atoms with Gasteiger partial charge in [0.2, 0.25) is 0 Å². The smallest absolute Gasteiger partial charge is 0.325 e. The van der Waals surface area contributed by atoms with E-state index in [-0.39, 0.29) is 6.54 Å². The summed E-state index contributed by atoms with van der Waals surface area (Å²) in [6, 6.07) is 3.13. The van der Waals surface area contributed by atoms with Crippen LogP contribution in [0, 0.1) is 5.82 Å². The van der Waals surface area contributed by atoms with Crippen molar-refractivity contribution in [2.45, 2.75) is 12.6 Å². The Morgan fingerprint density at radius 2 is 1.88 bits per heavy atom. The minimum absolute atomic E-state index is 0.352. The Morgan fingerprint density at radius 3 is 2.48 bits per heavy atom. The van der Waals surface area contributed by atoms with Crippen LogP contribution in [0.1, 0.15) is 11.6 Å². The first-order valence-electron chi connectivity index (χ1n) is 8.02. The first-order chi connectivity index (χ1) is 11.9. The fraction of sp³-hybridized carbons (Fsp3) is 0.412. The minimum Gasteiger partial charge on any atom is -0.480 e. The molecule has 0 radical (unpaired) electrons. The third-order valence-corrected chi connectivity index (χ3v) is 4.61. The third kappa shape index (κ3) is 3.49. The lowest BCUT2D eigenvalue weighted by Gasteiger charge is -2.36. The fourth-order valence-corrected chi connectivity index (χ4v) is 3.35. The van der Waals surface area contributed by atoms with E-state index in [0.29, 0.717) is 29.6 Å². The highest BCUT2D eigenvalue weighted by molar-refractivity contribution is 5.90. The van der Waals surface area contributed by atoms with Crippen molar-refractivity contribution in [2.24, 2.45) is 0 Å². The monoisotopic (exact) mass is 349 g/mol. The molecule has 1 atom stereocenters. The van der Waals surface area contributed by atoms with E-state index in [1.54, 1.807) is 0 Å². The predicted molar refractivity (Wildman–Crippen MR) is 89.0 cm³/mol. The fourth-order valence-electron chi connectivity index (χ4n) is 3.35. The summed E-state index contributed by atoms with van der Waals surface area (Å²) in [5, 5.41) is 19.4. The summed E-state index contributed by atoms with van der Waals surface area (Å²) in [6.45, 7) is 2.36. The average Bonchev–Trinajstić information content (AvgIpc) is 2.86. The maximum absolute atomic E-state index is 13.6. The number of halogens is 1. The first kappa shape index (κ1) is 17.4. The van der Waals surface area contributed by atoms with Crippen LogP contribution in [-0.4, -0.2) is 69.7 Å². The molecular formula is C17H20FN3O4. The zero-order valence-electron chi connectivity index (χ0n) is 13.9. The molecule has 8 heteroatoms. The number of carboxylic acids is 2. The molecule has 134 valence electrons. The summed E-state index contributed by atoms with van der Waals surface area (Å²) in [7, 11) is 1.98. The quantitative estimate of drug-likeness (QED) is 0.845. The van der Waals surface area contributed by atoms with Crippen molar-refractivity contribution in [3.05, 3.63) is 35.8 Å². The molecule has 1 aliphatic rings. The molecule has 0 amide bonds. The Hall–Kier alpha value is -2.45. The Labute approximate surface area is 143 Å². The molecule has 0 aliphatic carbocycles. The summed E-state index contributed by atoms with van der Waals surface area (Å²) >= 11 is 0. The Kier molecular flexibility index (Phi) is 4.73. The number of likely N-dealkylation sites (N-methyl/N-ethyl adjacent to an activating group) is 1. The molecule has 1 aromatic carbocycles. The van der Waals surface area contributed by atoms with Crippen LogP contribution >= 0.6 is 0 Å². The second kappa shape index (κ2) is 6.81. The number of hydrogen-bond donors (Lipinski definition) is 2. The first-order valence-corrected chi connectivity index (χ1v) is 8.02. The van der Waals surface area contributed by atoms with Crippen LogP contribution in [0.2, 0.25) is 0 Å². The molecule has 1 aromatic heterocycles. The highest BCUT2D eigenvalue weighted by Gasteiger charge is 2.32. The van der Waals surface area contributed by atoms with E-state index >= 15 is 0 Å². The molecule has 25 heavy (non-hydrogen) atoms. The Bertz CT molecular complexity index is 812. The van der Waals surface area contributed by atoms with E-state index in [4.69, 9.17) is 5.11 Å². The van der Waals surface area contributed by atoms with E-state index in [1.165, 1.54) is 29.0 Å². The van der Waals surface area contributed by atoms with Crippen molar-refractivity contribution in [1.82, 2.24) is 14.4 Å². The molecule has 2 heterocycles. The normalized spacial score (nSPS) is 17.7. The molecule has 0 unspecified atom stereocenters. The lowest BCUT2D eigenvalue weighted by molar-refractivity contribution is -0.144. The topological polar surface area (TPSA) is 86.0 Å². The predicted octanol–water partition coefficient (Wildman–Crippen LogP) is 1.24. The van der Waals surface area contributed by atoms with Crippen molar-refractivity contribution < 1.29 is 24.2 Å². The molecule has 2 N–H and O–H groups in total. The van der Waals surface area contributed by atoms with Crippen molar-refractivity contribution in [3.8, 4) is 0 Å². The van der Waals surface area contributed by atoms with Gasteiger partial charge in [0.15, 0.2) is 0 Å². The summed E-state index contributed by atoms with van der Waals surface area (Å²) in [5.74, 6) is -2.56. The maximum Gasteiger partial charge on any atom is 0.325 e. The number of benzene rings is 1. The number of nitrogens with zero attached hydrogens (tertiary/aromatic N) is 3. The van der Waals surface area contributed by atoms with Gasteiger partial charge in [0.1, 0.15) is 18.4 Å². The van der Waals surface area contributed by atoms with Gasteiger partial charge in [0.05, 0.1) is 5.52 Å². The zero-order chi connectivity index (χ0) is 18.1. The number of carboxylic acid groups (broad SMARTS) is 2. The van der Waals surface area contributed by atoms with Crippen molar-refractivity contribution in [3.63, 3.8) is 0 Å². The van der Waals surface area contributed by atoms with E-state index in [9.17, 15) is 19.1 Å². The Balaban J connectivity index is 2.08. The van der Waals surface area contributed by atoms with Gasteiger partial charge in [-0.15, -0.1) is 0 Å². The number of carbonyl (C=O) groups is 2. The Morgan fingerprint density at radius 1 is 1.20 bits per heavy atom. The average molecular weight is 349 g/mol. The van der Waals surface area contributed by atoms with Crippen LogP contribution in [0.15, 0.2) is 24.4 Å². The molecule has 0 bridgehead atoms. The number of hydrogen-bond acceptors (Lipinski definition) is 4. The van der Waals surface area contributed by atoms with Crippen LogP contribution in [-0.2, 0) is 16.1 Å².